The van der Waals surface area contributed by atoms with E-state index in [-0.39, 0.29) is 0 Å². The molecule has 17 heavy (non-hydrogen) atoms. The molecular formula is C14H14BrNS. The Morgan fingerprint density at radius 2 is 1.94 bits per heavy atom. The van der Waals surface area contributed by atoms with Gasteiger partial charge in [0.15, 0.2) is 0 Å². The Kier molecular flexibility index (Phi) is 4.13. The third-order valence-electron chi connectivity index (χ3n) is 2.68. The zero-order chi connectivity index (χ0) is 12.3. The van der Waals surface area contributed by atoms with E-state index in [4.69, 9.17) is 5.73 Å². The van der Waals surface area contributed by atoms with Gasteiger partial charge in [0.25, 0.3) is 0 Å². The molecule has 0 fully saturated rings. The van der Waals surface area contributed by atoms with Crippen LogP contribution in [0.25, 0.3) is 0 Å². The number of anilines is 1. The highest BCUT2D eigenvalue weighted by atomic mass is 79.9. The largest absolute Gasteiger partial charge is 0.399 e. The summed E-state index contributed by atoms with van der Waals surface area (Å²) < 4.78 is 1.12. The fourth-order valence-electron chi connectivity index (χ4n) is 1.58. The molecule has 0 radical (unpaired) electrons. The van der Waals surface area contributed by atoms with Crippen molar-refractivity contribution in [3.8, 4) is 0 Å². The van der Waals surface area contributed by atoms with Crippen molar-refractivity contribution >= 4 is 33.4 Å². The second kappa shape index (κ2) is 5.61. The number of nitrogens with two attached hydrogens (primary N) is 1. The average molecular weight is 308 g/mol. The van der Waals surface area contributed by atoms with Gasteiger partial charge in [-0.15, -0.1) is 11.8 Å². The van der Waals surface area contributed by atoms with Gasteiger partial charge in [0.2, 0.25) is 0 Å². The van der Waals surface area contributed by atoms with Crippen LogP contribution in [0.5, 0.6) is 0 Å². The smallest absolute Gasteiger partial charge is 0.0346 e. The molecule has 2 aromatic carbocycles. The van der Waals surface area contributed by atoms with Crippen LogP contribution in [-0.2, 0) is 5.75 Å². The molecule has 1 nitrogen and oxygen atoms in total. The van der Waals surface area contributed by atoms with Crippen molar-refractivity contribution in [1.29, 1.82) is 0 Å². The summed E-state index contributed by atoms with van der Waals surface area (Å²) in [5.74, 6) is 0.952. The van der Waals surface area contributed by atoms with E-state index in [0.717, 1.165) is 15.9 Å². The van der Waals surface area contributed by atoms with Crippen LogP contribution in [0.4, 0.5) is 5.69 Å². The number of nitrogen functional groups attached to an aromatic ring is 1. The Bertz CT molecular complexity index is 525. The quantitative estimate of drug-likeness (QED) is 0.661. The third kappa shape index (κ3) is 3.27. The van der Waals surface area contributed by atoms with Crippen LogP contribution >= 0.6 is 27.7 Å². The Labute approximate surface area is 115 Å². The molecule has 0 saturated heterocycles. The summed E-state index contributed by atoms with van der Waals surface area (Å²) in [7, 11) is 0. The lowest BCUT2D eigenvalue weighted by Gasteiger charge is -2.08. The average Bonchev–Trinajstić information content (AvgIpc) is 2.31. The van der Waals surface area contributed by atoms with E-state index < -0.39 is 0 Å². The first kappa shape index (κ1) is 12.5. The van der Waals surface area contributed by atoms with Gasteiger partial charge in [-0.05, 0) is 42.3 Å². The molecule has 2 aromatic rings. The monoisotopic (exact) mass is 307 g/mol. The first-order valence-corrected chi connectivity index (χ1v) is 7.17. The predicted molar refractivity (Wildman–Crippen MR) is 79.3 cm³/mol. The molecule has 0 bridgehead atoms. The summed E-state index contributed by atoms with van der Waals surface area (Å²) in [4.78, 5) is 1.26. The fourth-order valence-corrected chi connectivity index (χ4v) is 3.15. The van der Waals surface area contributed by atoms with Crippen LogP contribution in [-0.4, -0.2) is 0 Å². The molecule has 0 heterocycles. The van der Waals surface area contributed by atoms with E-state index >= 15 is 0 Å². The van der Waals surface area contributed by atoms with E-state index in [1.165, 1.54) is 16.0 Å². The molecule has 0 aliphatic rings. The standard InChI is InChI=1S/C14H14BrNS/c1-10-11(4-2-7-14(10)16)9-17-13-6-3-5-12(15)8-13/h2-8H,9,16H2,1H3. The molecule has 2 N–H and O–H groups in total. The van der Waals surface area contributed by atoms with Crippen molar-refractivity contribution in [2.75, 3.05) is 5.73 Å². The first-order chi connectivity index (χ1) is 8.16. The maximum atomic E-state index is 5.90. The van der Waals surface area contributed by atoms with Gasteiger partial charge in [0.05, 0.1) is 0 Å². The molecule has 0 aliphatic heterocycles. The Morgan fingerprint density at radius 3 is 2.71 bits per heavy atom. The lowest BCUT2D eigenvalue weighted by atomic mass is 10.1. The highest BCUT2D eigenvalue weighted by Gasteiger charge is 2.02. The molecular weight excluding hydrogens is 294 g/mol. The van der Waals surface area contributed by atoms with Crippen LogP contribution in [0.15, 0.2) is 51.8 Å². The van der Waals surface area contributed by atoms with Crippen molar-refractivity contribution in [2.24, 2.45) is 0 Å². The van der Waals surface area contributed by atoms with E-state index in [0.29, 0.717) is 0 Å². The maximum Gasteiger partial charge on any atom is 0.0346 e. The number of hydrogen-bond acceptors (Lipinski definition) is 2. The van der Waals surface area contributed by atoms with Gasteiger partial charge in [0.1, 0.15) is 0 Å². The second-order valence-corrected chi connectivity index (χ2v) is 5.84. The molecule has 0 aromatic heterocycles. The van der Waals surface area contributed by atoms with Crippen LogP contribution in [0, 0.1) is 6.92 Å². The third-order valence-corrected chi connectivity index (χ3v) is 4.21. The Hall–Kier alpha value is -0.930. The second-order valence-electron chi connectivity index (χ2n) is 3.88. The molecule has 0 aliphatic carbocycles. The molecule has 2 rings (SSSR count). The van der Waals surface area contributed by atoms with Gasteiger partial charge in [-0.25, -0.2) is 0 Å². The van der Waals surface area contributed by atoms with Crippen LogP contribution in [0.1, 0.15) is 11.1 Å². The first-order valence-electron chi connectivity index (χ1n) is 5.39. The number of benzene rings is 2. The number of hydrogen-bond donors (Lipinski definition) is 1. The van der Waals surface area contributed by atoms with Crippen molar-refractivity contribution in [1.82, 2.24) is 0 Å². The van der Waals surface area contributed by atoms with Crippen LogP contribution in [0.3, 0.4) is 0 Å². The number of thioether (sulfide) groups is 1. The number of halogens is 1. The minimum absolute atomic E-state index is 0.873. The molecule has 3 heteroatoms. The normalized spacial score (nSPS) is 10.5. The van der Waals surface area contributed by atoms with E-state index in [2.05, 4.69) is 47.1 Å². The minimum atomic E-state index is 0.873. The molecule has 0 amide bonds. The summed E-state index contributed by atoms with van der Waals surface area (Å²) in [5, 5.41) is 0. The molecule has 0 saturated carbocycles. The fraction of sp³-hybridized carbons (Fsp3) is 0.143. The predicted octanol–water partition coefficient (Wildman–Crippen LogP) is 4.63. The van der Waals surface area contributed by atoms with E-state index in [1.807, 2.05) is 30.0 Å². The van der Waals surface area contributed by atoms with Crippen molar-refractivity contribution < 1.29 is 0 Å². The highest BCUT2D eigenvalue weighted by molar-refractivity contribution is 9.10. The van der Waals surface area contributed by atoms with Gasteiger partial charge in [0, 0.05) is 20.8 Å². The summed E-state index contributed by atoms with van der Waals surface area (Å²) in [6.07, 6.45) is 0. The van der Waals surface area contributed by atoms with Crippen LogP contribution in [0.2, 0.25) is 0 Å². The lowest BCUT2D eigenvalue weighted by molar-refractivity contribution is 1.30. The van der Waals surface area contributed by atoms with Gasteiger partial charge in [-0.3, -0.25) is 0 Å². The molecule has 0 unspecified atom stereocenters. The van der Waals surface area contributed by atoms with E-state index in [1.54, 1.807) is 0 Å². The summed E-state index contributed by atoms with van der Waals surface area (Å²) in [5.41, 5.74) is 9.26. The van der Waals surface area contributed by atoms with Gasteiger partial charge in [-0.1, -0.05) is 34.1 Å². The lowest BCUT2D eigenvalue weighted by Crippen LogP contribution is -1.93. The van der Waals surface area contributed by atoms with Crippen molar-refractivity contribution in [2.45, 2.75) is 17.6 Å². The minimum Gasteiger partial charge on any atom is -0.399 e. The summed E-state index contributed by atoms with van der Waals surface area (Å²) in [6.45, 7) is 2.08. The summed E-state index contributed by atoms with van der Waals surface area (Å²) >= 11 is 5.31. The van der Waals surface area contributed by atoms with Crippen LogP contribution < -0.4 is 5.73 Å². The Morgan fingerprint density at radius 1 is 1.18 bits per heavy atom. The molecule has 88 valence electrons. The topological polar surface area (TPSA) is 26.0 Å². The number of rotatable bonds is 3. The SMILES string of the molecule is Cc1c(N)cccc1CSc1cccc(Br)c1. The summed E-state index contributed by atoms with van der Waals surface area (Å²) in [6, 6.07) is 14.4. The van der Waals surface area contributed by atoms with Crippen molar-refractivity contribution in [3.05, 3.63) is 58.1 Å². The van der Waals surface area contributed by atoms with Crippen molar-refractivity contribution in [3.63, 3.8) is 0 Å². The zero-order valence-corrected chi connectivity index (χ0v) is 12.0. The van der Waals surface area contributed by atoms with Gasteiger partial charge >= 0.3 is 0 Å². The van der Waals surface area contributed by atoms with Gasteiger partial charge < -0.3 is 5.73 Å². The molecule has 0 atom stereocenters. The molecule has 0 spiro atoms. The zero-order valence-electron chi connectivity index (χ0n) is 9.61. The Balaban J connectivity index is 2.10. The van der Waals surface area contributed by atoms with Gasteiger partial charge in [-0.2, -0.15) is 0 Å². The highest BCUT2D eigenvalue weighted by Crippen LogP contribution is 2.27. The van der Waals surface area contributed by atoms with E-state index in [9.17, 15) is 0 Å². The maximum absolute atomic E-state index is 5.90.